The number of hydrogen-bond donors (Lipinski definition) is 0. The van der Waals surface area contributed by atoms with Gasteiger partial charge in [-0.15, -0.1) is 0 Å². The lowest BCUT2D eigenvalue weighted by atomic mass is 10.1. The fraction of sp³-hybridized carbons (Fsp3) is 0.524. The zero-order valence-electron chi connectivity index (χ0n) is 17.8. The minimum Gasteiger partial charge on any atom is -0.442 e. The summed E-state index contributed by atoms with van der Waals surface area (Å²) in [6, 6.07) is 5.60. The van der Waals surface area contributed by atoms with E-state index in [1.807, 2.05) is 22.8 Å². The first-order valence-electron chi connectivity index (χ1n) is 10.8. The van der Waals surface area contributed by atoms with Crippen molar-refractivity contribution in [1.82, 2.24) is 29.5 Å². The Morgan fingerprint density at radius 3 is 2.97 bits per heavy atom. The first kappa shape index (κ1) is 20.2. The van der Waals surface area contributed by atoms with E-state index in [9.17, 15) is 14.9 Å². The van der Waals surface area contributed by atoms with Crippen molar-refractivity contribution in [3.63, 3.8) is 0 Å². The zero-order chi connectivity index (χ0) is 22.2. The molecule has 3 aliphatic heterocycles. The van der Waals surface area contributed by atoms with E-state index in [4.69, 9.17) is 4.74 Å². The maximum Gasteiger partial charge on any atom is 0.410 e. The topological polar surface area (TPSA) is 120 Å². The predicted molar refractivity (Wildman–Crippen MR) is 111 cm³/mol. The van der Waals surface area contributed by atoms with Gasteiger partial charge >= 0.3 is 6.09 Å². The Hall–Kier alpha value is -3.68. The Morgan fingerprint density at radius 2 is 2.19 bits per heavy atom. The number of nitrogens with zero attached hydrogens (tertiary/aromatic N) is 8. The van der Waals surface area contributed by atoms with Crippen molar-refractivity contribution in [3.8, 4) is 6.07 Å². The van der Waals surface area contributed by atoms with Gasteiger partial charge < -0.3 is 14.5 Å². The van der Waals surface area contributed by atoms with Crippen LogP contribution in [-0.2, 0) is 16.1 Å². The highest BCUT2D eigenvalue weighted by atomic mass is 16.6. The van der Waals surface area contributed by atoms with Gasteiger partial charge in [0.1, 0.15) is 30.6 Å². The molecule has 0 radical (unpaired) electrons. The molecule has 32 heavy (non-hydrogen) atoms. The lowest BCUT2D eigenvalue weighted by Crippen LogP contribution is -2.46. The van der Waals surface area contributed by atoms with E-state index in [1.54, 1.807) is 22.0 Å². The van der Waals surface area contributed by atoms with Gasteiger partial charge in [0.25, 0.3) is 0 Å². The number of carbonyl (C=O) groups excluding carboxylic acids is 2. The minimum absolute atomic E-state index is 0.0442. The molecule has 0 bridgehead atoms. The Kier molecular flexibility index (Phi) is 5.13. The molecule has 1 unspecified atom stereocenters. The van der Waals surface area contributed by atoms with Crippen molar-refractivity contribution < 1.29 is 14.3 Å². The summed E-state index contributed by atoms with van der Waals surface area (Å²) in [5, 5.41) is 13.5. The van der Waals surface area contributed by atoms with Crippen molar-refractivity contribution in [1.29, 1.82) is 5.26 Å². The third-order valence-corrected chi connectivity index (χ3v) is 6.42. The Balaban J connectivity index is 1.24. The molecule has 3 fully saturated rings. The third-order valence-electron chi connectivity index (χ3n) is 6.42. The van der Waals surface area contributed by atoms with Crippen LogP contribution in [0.1, 0.15) is 24.1 Å². The highest BCUT2D eigenvalue weighted by Gasteiger charge is 2.51. The first-order valence-corrected chi connectivity index (χ1v) is 10.8. The summed E-state index contributed by atoms with van der Waals surface area (Å²) in [4.78, 5) is 39.4. The number of hydrogen-bond acceptors (Lipinski definition) is 8. The van der Waals surface area contributed by atoms with Crippen molar-refractivity contribution in [2.24, 2.45) is 0 Å². The average Bonchev–Trinajstić information content (AvgIpc) is 3.56. The standard InChI is InChI=1S/C21H24N8O3/c1-14-2-3-15(8-22)20(25-14)27-10-17-18(11-27)32-21(31)29(17)16-4-6-26(9-16)19(30)5-7-28-13-23-12-24-28/h2-3,12-13,16-18H,4-7,9-11H2,1H3/t16?,17-,18+/m1/s1. The number of likely N-dealkylation sites (tertiary alicyclic amines) is 1. The van der Waals surface area contributed by atoms with Crippen LogP contribution < -0.4 is 4.90 Å². The number of aromatic nitrogens is 4. The smallest absolute Gasteiger partial charge is 0.410 e. The van der Waals surface area contributed by atoms with Crippen LogP contribution in [0, 0.1) is 18.3 Å². The molecule has 0 spiro atoms. The van der Waals surface area contributed by atoms with Crippen LogP contribution in [0.5, 0.6) is 0 Å². The summed E-state index contributed by atoms with van der Waals surface area (Å²) in [7, 11) is 0. The minimum atomic E-state index is -0.320. The number of carbonyl (C=O) groups is 2. The largest absolute Gasteiger partial charge is 0.442 e. The summed E-state index contributed by atoms with van der Waals surface area (Å²) >= 11 is 0. The molecule has 3 aliphatic rings. The van der Waals surface area contributed by atoms with E-state index in [1.165, 1.54) is 6.33 Å². The molecule has 0 aliphatic carbocycles. The molecule has 5 rings (SSSR count). The van der Waals surface area contributed by atoms with Crippen molar-refractivity contribution in [3.05, 3.63) is 36.0 Å². The van der Waals surface area contributed by atoms with Crippen LogP contribution >= 0.6 is 0 Å². The number of amides is 2. The quantitative estimate of drug-likeness (QED) is 0.666. The van der Waals surface area contributed by atoms with Gasteiger partial charge in [0.05, 0.1) is 30.7 Å². The van der Waals surface area contributed by atoms with Crippen LogP contribution in [0.25, 0.3) is 0 Å². The summed E-state index contributed by atoms with van der Waals surface area (Å²) < 4.78 is 7.31. The Bertz CT molecular complexity index is 1070. The van der Waals surface area contributed by atoms with Crippen molar-refractivity contribution in [2.75, 3.05) is 31.1 Å². The number of aryl methyl sites for hydroxylation is 2. The van der Waals surface area contributed by atoms with Crippen molar-refractivity contribution >= 4 is 17.8 Å². The number of fused-ring (bicyclic) bond motifs is 1. The van der Waals surface area contributed by atoms with Gasteiger partial charge in [0.2, 0.25) is 5.91 Å². The molecule has 2 aromatic heterocycles. The van der Waals surface area contributed by atoms with Gasteiger partial charge in [-0.05, 0) is 25.5 Å². The molecular weight excluding hydrogens is 412 g/mol. The lowest BCUT2D eigenvalue weighted by Gasteiger charge is -2.28. The maximum atomic E-state index is 12.6. The van der Waals surface area contributed by atoms with E-state index < -0.39 is 0 Å². The second kappa shape index (κ2) is 8.11. The Labute approximate surface area is 185 Å². The molecule has 0 aromatic carbocycles. The van der Waals surface area contributed by atoms with Crippen LogP contribution in [0.2, 0.25) is 0 Å². The van der Waals surface area contributed by atoms with E-state index in [-0.39, 0.29) is 30.2 Å². The molecule has 3 saturated heterocycles. The number of anilines is 1. The lowest BCUT2D eigenvalue weighted by molar-refractivity contribution is -0.130. The van der Waals surface area contributed by atoms with Gasteiger partial charge in [0.15, 0.2) is 0 Å². The van der Waals surface area contributed by atoms with E-state index in [0.717, 1.165) is 12.1 Å². The summed E-state index contributed by atoms with van der Waals surface area (Å²) in [5.74, 6) is 0.678. The van der Waals surface area contributed by atoms with Gasteiger partial charge in [-0.3, -0.25) is 14.4 Å². The summed E-state index contributed by atoms with van der Waals surface area (Å²) in [6.45, 7) is 4.55. The first-order chi connectivity index (χ1) is 15.5. The normalized spacial score (nSPS) is 24.6. The molecule has 5 heterocycles. The van der Waals surface area contributed by atoms with Crippen LogP contribution in [0.4, 0.5) is 10.6 Å². The maximum absolute atomic E-state index is 12.6. The molecule has 3 atom stereocenters. The van der Waals surface area contributed by atoms with Gasteiger partial charge in [-0.2, -0.15) is 10.4 Å². The summed E-state index contributed by atoms with van der Waals surface area (Å²) in [6.07, 6.45) is 3.51. The molecule has 166 valence electrons. The SMILES string of the molecule is Cc1ccc(C#N)c(N2C[C@@H]3OC(=O)N(C4CCN(C(=O)CCn5cncn5)C4)[C@@H]3C2)n1. The average molecular weight is 436 g/mol. The van der Waals surface area contributed by atoms with E-state index in [0.29, 0.717) is 50.5 Å². The number of ether oxygens (including phenoxy) is 1. The fourth-order valence-electron chi connectivity index (χ4n) is 4.84. The molecule has 11 nitrogen and oxygen atoms in total. The van der Waals surface area contributed by atoms with Crippen LogP contribution in [0.15, 0.2) is 24.8 Å². The predicted octanol–water partition coefficient (Wildman–Crippen LogP) is 0.554. The third kappa shape index (κ3) is 3.62. The monoisotopic (exact) mass is 436 g/mol. The van der Waals surface area contributed by atoms with Gasteiger partial charge in [-0.1, -0.05) is 0 Å². The molecular formula is C21H24N8O3. The molecule has 0 N–H and O–H groups in total. The van der Waals surface area contributed by atoms with E-state index >= 15 is 0 Å². The second-order valence-electron chi connectivity index (χ2n) is 8.43. The molecule has 0 saturated carbocycles. The van der Waals surface area contributed by atoms with Crippen LogP contribution in [0.3, 0.4) is 0 Å². The highest BCUT2D eigenvalue weighted by molar-refractivity contribution is 5.77. The molecule has 2 aromatic rings. The fourth-order valence-corrected chi connectivity index (χ4v) is 4.84. The number of pyridine rings is 1. The van der Waals surface area contributed by atoms with Gasteiger partial charge in [-0.25, -0.2) is 14.8 Å². The van der Waals surface area contributed by atoms with E-state index in [2.05, 4.69) is 21.1 Å². The second-order valence-corrected chi connectivity index (χ2v) is 8.43. The summed E-state index contributed by atoms with van der Waals surface area (Å²) in [5.41, 5.74) is 1.35. The van der Waals surface area contributed by atoms with Crippen molar-refractivity contribution in [2.45, 2.75) is 44.5 Å². The molecule has 2 amide bonds. The molecule has 11 heteroatoms. The van der Waals surface area contributed by atoms with Gasteiger partial charge in [0, 0.05) is 31.7 Å². The zero-order valence-corrected chi connectivity index (χ0v) is 17.8. The number of rotatable bonds is 5. The van der Waals surface area contributed by atoms with Crippen LogP contribution in [-0.4, -0.2) is 85.9 Å². The Morgan fingerprint density at radius 1 is 1.31 bits per heavy atom. The number of nitriles is 1. The highest BCUT2D eigenvalue weighted by Crippen LogP contribution is 2.34.